The van der Waals surface area contributed by atoms with E-state index in [1.165, 1.54) is 25.9 Å². The van der Waals surface area contributed by atoms with Crippen molar-refractivity contribution in [1.82, 2.24) is 4.90 Å². The number of aliphatic hydroxyl groups is 1. The highest BCUT2D eigenvalue weighted by molar-refractivity contribution is 4.95. The van der Waals surface area contributed by atoms with Crippen LogP contribution in [-0.2, 0) is 0 Å². The molecule has 2 fully saturated rings. The largest absolute Gasteiger partial charge is 0.396 e. The first-order valence-corrected chi connectivity index (χ1v) is 3.68. The maximum Gasteiger partial charge on any atom is 0.0500 e. The highest BCUT2D eigenvalue weighted by Gasteiger charge is 2.42. The summed E-state index contributed by atoms with van der Waals surface area (Å²) in [4.78, 5) is 2.44. The van der Waals surface area contributed by atoms with E-state index in [4.69, 9.17) is 5.11 Å². The molecule has 0 radical (unpaired) electrons. The Morgan fingerprint density at radius 3 is 2.22 bits per heavy atom. The summed E-state index contributed by atoms with van der Waals surface area (Å²) in [5.41, 5.74) is 0.333. The Balaban J connectivity index is 2.13. The van der Waals surface area contributed by atoms with Crippen LogP contribution >= 0.6 is 0 Å². The molecule has 2 bridgehead atoms. The van der Waals surface area contributed by atoms with Crippen LogP contribution in [0.2, 0.25) is 0 Å². The fraction of sp³-hybridized carbons (Fsp3) is 1.00. The van der Waals surface area contributed by atoms with Gasteiger partial charge in [0.15, 0.2) is 0 Å². The molecule has 2 aliphatic heterocycles. The van der Waals surface area contributed by atoms with Crippen LogP contribution in [0.15, 0.2) is 0 Å². The third kappa shape index (κ3) is 0.700. The first kappa shape index (κ1) is 5.69. The molecule has 0 aliphatic carbocycles. The van der Waals surface area contributed by atoms with Crippen molar-refractivity contribution >= 4 is 0 Å². The normalized spacial score (nSPS) is 48.3. The third-order valence-electron chi connectivity index (χ3n) is 2.81. The molecule has 2 heteroatoms. The monoisotopic (exact) mass is 127 g/mol. The number of hydrogen-bond acceptors (Lipinski definition) is 2. The van der Waals surface area contributed by atoms with E-state index in [1.807, 2.05) is 0 Å². The number of nitrogens with zero attached hydrogens (tertiary/aromatic N) is 1. The summed E-state index contributed by atoms with van der Waals surface area (Å²) in [5, 5.41) is 9.02. The molecule has 0 spiro atoms. The van der Waals surface area contributed by atoms with E-state index >= 15 is 0 Å². The fourth-order valence-corrected chi connectivity index (χ4v) is 2.03. The van der Waals surface area contributed by atoms with Crippen LogP contribution in [0.3, 0.4) is 0 Å². The number of hydrogen-bond donors (Lipinski definition) is 1. The Kier molecular flexibility index (Phi) is 1.08. The second-order valence-electron chi connectivity index (χ2n) is 3.43. The summed E-state index contributed by atoms with van der Waals surface area (Å²) in [6.07, 6.45) is 2.45. The van der Waals surface area contributed by atoms with Crippen molar-refractivity contribution in [3.63, 3.8) is 0 Å². The number of aliphatic hydroxyl groups excluding tert-OH is 1. The van der Waals surface area contributed by atoms with E-state index < -0.39 is 0 Å². The van der Waals surface area contributed by atoms with Gasteiger partial charge in [-0.2, -0.15) is 0 Å². The van der Waals surface area contributed by atoms with Gasteiger partial charge >= 0.3 is 0 Å². The van der Waals surface area contributed by atoms with Gasteiger partial charge in [0, 0.05) is 12.0 Å². The van der Waals surface area contributed by atoms with Gasteiger partial charge in [-0.25, -0.2) is 0 Å². The Morgan fingerprint density at radius 2 is 2.00 bits per heavy atom. The topological polar surface area (TPSA) is 23.5 Å². The average molecular weight is 127 g/mol. The Bertz CT molecular complexity index is 116. The smallest absolute Gasteiger partial charge is 0.0500 e. The summed E-state index contributed by atoms with van der Waals surface area (Å²) in [6.45, 7) is 4.01. The first-order valence-electron chi connectivity index (χ1n) is 3.68. The molecule has 2 heterocycles. The zero-order valence-corrected chi connectivity index (χ0v) is 5.64. The van der Waals surface area contributed by atoms with Crippen LogP contribution in [0.25, 0.3) is 0 Å². The lowest BCUT2D eigenvalue weighted by atomic mass is 9.86. The fourth-order valence-electron chi connectivity index (χ4n) is 2.03. The van der Waals surface area contributed by atoms with E-state index in [-0.39, 0.29) is 0 Å². The number of piperidine rings is 1. The Labute approximate surface area is 55.5 Å². The van der Waals surface area contributed by atoms with Gasteiger partial charge in [-0.3, -0.25) is 0 Å². The summed E-state index contributed by atoms with van der Waals surface area (Å²) >= 11 is 0. The SMILES string of the molecule is OCC12CCN(CC1)C2. The molecule has 0 aromatic carbocycles. The summed E-state index contributed by atoms with van der Waals surface area (Å²) < 4.78 is 0. The predicted octanol–water partition coefficient (Wildman–Crippen LogP) is 0.0745. The second kappa shape index (κ2) is 1.70. The van der Waals surface area contributed by atoms with Crippen molar-refractivity contribution < 1.29 is 5.11 Å². The van der Waals surface area contributed by atoms with E-state index in [9.17, 15) is 0 Å². The quantitative estimate of drug-likeness (QED) is 0.539. The van der Waals surface area contributed by atoms with Crippen LogP contribution in [0.5, 0.6) is 0 Å². The molecule has 1 N–H and O–H groups in total. The van der Waals surface area contributed by atoms with Crippen molar-refractivity contribution in [3.05, 3.63) is 0 Å². The molecule has 2 nitrogen and oxygen atoms in total. The summed E-state index contributed by atoms with van der Waals surface area (Å²) in [7, 11) is 0. The van der Waals surface area contributed by atoms with Gasteiger partial charge in [0.25, 0.3) is 0 Å². The number of rotatable bonds is 1. The van der Waals surface area contributed by atoms with E-state index in [0.717, 1.165) is 6.54 Å². The molecule has 2 aliphatic rings. The maximum absolute atomic E-state index is 9.02. The van der Waals surface area contributed by atoms with Gasteiger partial charge in [0.05, 0.1) is 6.61 Å². The zero-order chi connectivity index (χ0) is 6.32. The van der Waals surface area contributed by atoms with Crippen LogP contribution in [-0.4, -0.2) is 36.2 Å². The van der Waals surface area contributed by atoms with Crippen molar-refractivity contribution in [2.75, 3.05) is 26.2 Å². The van der Waals surface area contributed by atoms with E-state index in [1.54, 1.807) is 0 Å². The van der Waals surface area contributed by atoms with Crippen molar-refractivity contribution in [2.45, 2.75) is 12.8 Å². The highest BCUT2D eigenvalue weighted by atomic mass is 16.3. The van der Waals surface area contributed by atoms with Crippen LogP contribution in [0.1, 0.15) is 12.8 Å². The maximum atomic E-state index is 9.02. The van der Waals surface area contributed by atoms with Gasteiger partial charge in [0.2, 0.25) is 0 Å². The van der Waals surface area contributed by atoms with Crippen molar-refractivity contribution in [3.8, 4) is 0 Å². The molecule has 52 valence electrons. The lowest BCUT2D eigenvalue weighted by Crippen LogP contribution is -2.23. The molecule has 0 aromatic heterocycles. The van der Waals surface area contributed by atoms with Gasteiger partial charge in [-0.1, -0.05) is 0 Å². The van der Waals surface area contributed by atoms with Crippen LogP contribution in [0, 0.1) is 5.41 Å². The van der Waals surface area contributed by atoms with Gasteiger partial charge in [0.1, 0.15) is 0 Å². The van der Waals surface area contributed by atoms with E-state index in [2.05, 4.69) is 4.90 Å². The van der Waals surface area contributed by atoms with Gasteiger partial charge in [-0.15, -0.1) is 0 Å². The van der Waals surface area contributed by atoms with Crippen LogP contribution < -0.4 is 0 Å². The molecular weight excluding hydrogens is 114 g/mol. The molecule has 0 amide bonds. The van der Waals surface area contributed by atoms with E-state index in [0.29, 0.717) is 12.0 Å². The van der Waals surface area contributed by atoms with Gasteiger partial charge in [-0.05, 0) is 25.9 Å². The lowest BCUT2D eigenvalue weighted by molar-refractivity contribution is 0.148. The summed E-state index contributed by atoms with van der Waals surface area (Å²) in [5.74, 6) is 0. The minimum absolute atomic E-state index is 0.333. The molecule has 0 saturated carbocycles. The minimum Gasteiger partial charge on any atom is -0.396 e. The Morgan fingerprint density at radius 1 is 1.33 bits per heavy atom. The second-order valence-corrected chi connectivity index (χ2v) is 3.43. The third-order valence-corrected chi connectivity index (χ3v) is 2.81. The molecule has 0 unspecified atom stereocenters. The lowest BCUT2D eigenvalue weighted by Gasteiger charge is -2.21. The number of fused-ring (bicyclic) bond motifs is 2. The molecule has 2 rings (SSSR count). The highest BCUT2D eigenvalue weighted by Crippen LogP contribution is 2.39. The zero-order valence-electron chi connectivity index (χ0n) is 5.64. The summed E-state index contributed by atoms with van der Waals surface area (Å²) in [6, 6.07) is 0. The molecular formula is C7H13NO. The first-order chi connectivity index (χ1) is 4.35. The average Bonchev–Trinajstić information content (AvgIpc) is 2.46. The van der Waals surface area contributed by atoms with Crippen molar-refractivity contribution in [1.29, 1.82) is 0 Å². The molecule has 9 heavy (non-hydrogen) atoms. The van der Waals surface area contributed by atoms with Gasteiger partial charge < -0.3 is 10.0 Å². The predicted molar refractivity (Wildman–Crippen MR) is 35.2 cm³/mol. The standard InChI is InChI=1S/C7H13NO/c9-6-7-1-3-8(5-7)4-2-7/h9H,1-6H2. The Hall–Kier alpha value is -0.0800. The molecule has 2 saturated heterocycles. The molecule has 0 aromatic rings. The minimum atomic E-state index is 0.333. The van der Waals surface area contributed by atoms with Crippen LogP contribution in [0.4, 0.5) is 0 Å². The molecule has 0 atom stereocenters. The van der Waals surface area contributed by atoms with Crippen molar-refractivity contribution in [2.24, 2.45) is 5.41 Å².